The lowest BCUT2D eigenvalue weighted by molar-refractivity contribution is -0.563. The van der Waals surface area contributed by atoms with Crippen molar-refractivity contribution in [3.05, 3.63) is 113 Å². The number of thiocarbonyl (C=S) groups is 1. The Morgan fingerprint density at radius 2 is 1.88 bits per heavy atom. The van der Waals surface area contributed by atoms with E-state index < -0.39 is 5.92 Å². The summed E-state index contributed by atoms with van der Waals surface area (Å²) in [6.45, 7) is 2.92. The maximum Gasteiger partial charge on any atom is 0.333 e. The van der Waals surface area contributed by atoms with Crippen LogP contribution in [0.25, 0.3) is 11.1 Å². The average Bonchev–Trinajstić information content (AvgIpc) is 2.97. The van der Waals surface area contributed by atoms with Crippen LogP contribution in [0.1, 0.15) is 34.3 Å². The molecule has 8 nitrogen and oxygen atoms in total. The molecule has 0 fully saturated rings. The number of halogens is 1. The van der Waals surface area contributed by atoms with E-state index in [1.54, 1.807) is 47.8 Å². The van der Waals surface area contributed by atoms with Crippen molar-refractivity contribution in [1.82, 2.24) is 15.7 Å². The molecule has 40 heavy (non-hydrogen) atoms. The molecule has 1 aliphatic rings. The van der Waals surface area contributed by atoms with Crippen LogP contribution in [0.15, 0.2) is 96.4 Å². The van der Waals surface area contributed by atoms with E-state index >= 15 is 0 Å². The van der Waals surface area contributed by atoms with Crippen molar-refractivity contribution in [2.24, 2.45) is 5.10 Å². The Balaban J connectivity index is 1.45. The lowest BCUT2D eigenvalue weighted by Gasteiger charge is -2.26. The van der Waals surface area contributed by atoms with Gasteiger partial charge in [0.25, 0.3) is 5.82 Å². The van der Waals surface area contributed by atoms with Gasteiger partial charge in [0.05, 0.1) is 12.4 Å². The second-order valence-corrected chi connectivity index (χ2v) is 9.89. The normalized spacial score (nSPS) is 14.8. The van der Waals surface area contributed by atoms with E-state index in [9.17, 15) is 9.59 Å². The molecule has 0 saturated heterocycles. The maximum absolute atomic E-state index is 13.9. The zero-order chi connectivity index (χ0) is 28.1. The number of hydrogen-bond acceptors (Lipinski definition) is 5. The molecule has 200 valence electrons. The lowest BCUT2D eigenvalue weighted by Crippen LogP contribution is -2.59. The zero-order valence-electron chi connectivity index (χ0n) is 21.6. The smallest absolute Gasteiger partial charge is 0.333 e. The summed E-state index contributed by atoms with van der Waals surface area (Å²) in [5.41, 5.74) is 6.87. The summed E-state index contributed by atoms with van der Waals surface area (Å²) in [5, 5.41) is 7.98. The second kappa shape index (κ2) is 12.1. The van der Waals surface area contributed by atoms with Crippen molar-refractivity contribution >= 4 is 52.8 Å². The molecule has 5 rings (SSSR count). The molecule has 0 aliphatic carbocycles. The number of carbonyl (C=O) groups is 2. The van der Waals surface area contributed by atoms with Crippen LogP contribution in [0.2, 0.25) is 5.15 Å². The summed E-state index contributed by atoms with van der Waals surface area (Å²) in [6.07, 6.45) is 5.00. The van der Waals surface area contributed by atoms with Crippen molar-refractivity contribution < 1.29 is 14.2 Å². The fraction of sp³-hybridized carbons (Fsp3) is 0.133. The van der Waals surface area contributed by atoms with Gasteiger partial charge in [-0.05, 0) is 65.7 Å². The van der Waals surface area contributed by atoms with Gasteiger partial charge >= 0.3 is 11.8 Å². The molecule has 1 atom stereocenters. The van der Waals surface area contributed by atoms with E-state index in [-0.39, 0.29) is 18.4 Å². The molecule has 10 heteroatoms. The number of hydrogen-bond donors (Lipinski definition) is 2. The van der Waals surface area contributed by atoms with E-state index in [0.717, 1.165) is 22.3 Å². The van der Waals surface area contributed by atoms with Gasteiger partial charge in [-0.1, -0.05) is 60.1 Å². The Kier molecular flexibility index (Phi) is 8.23. The molecule has 0 saturated carbocycles. The maximum atomic E-state index is 13.9. The number of nitrogens with zero attached hydrogens (tertiary/aromatic N) is 4. The number of nitrogens with one attached hydrogen (secondary N) is 2. The first-order chi connectivity index (χ1) is 19.4. The Labute approximate surface area is 242 Å². The molecule has 1 unspecified atom stereocenters. The second-order valence-electron chi connectivity index (χ2n) is 9.09. The van der Waals surface area contributed by atoms with Crippen LogP contribution in [0, 0.1) is 0 Å². The summed E-state index contributed by atoms with van der Waals surface area (Å²) in [7, 11) is 0. The van der Waals surface area contributed by atoms with Crippen LogP contribution in [0.5, 0.6) is 0 Å². The van der Waals surface area contributed by atoms with Crippen LogP contribution < -0.4 is 20.2 Å². The number of amides is 1. The van der Waals surface area contributed by atoms with Gasteiger partial charge < -0.3 is 5.32 Å². The highest BCUT2D eigenvalue weighted by Gasteiger charge is 2.47. The topological polar surface area (TPSA) is 90.6 Å². The molecule has 0 spiro atoms. The number of pyridine rings is 2. The highest BCUT2D eigenvalue weighted by Crippen LogP contribution is 2.31. The molecule has 0 radical (unpaired) electrons. The van der Waals surface area contributed by atoms with Crippen molar-refractivity contribution in [3.63, 3.8) is 0 Å². The van der Waals surface area contributed by atoms with E-state index in [1.165, 1.54) is 4.57 Å². The number of carbonyl (C=O) groups excluding carboxylic acids is 2. The molecule has 4 aromatic rings. The molecule has 0 bridgehead atoms. The third kappa shape index (κ3) is 5.90. The zero-order valence-corrected chi connectivity index (χ0v) is 23.2. The highest BCUT2D eigenvalue weighted by molar-refractivity contribution is 7.80. The molecular weight excluding hydrogens is 544 g/mol. The standard InChI is InChI=1S/C30H25ClN6O2S/c1-2-32-30(40)35-34-18-20-7-5-8-22(15-20)23-9-6-10-24(16-23)27-28(38)36-14-4-3-11-26(36)37(29(27)39)19-21-12-13-25(31)33-17-21/h3-18,27H,2,19H2,1H3,(H-,32,35,40)/p+1/b34-18+. The largest absolute Gasteiger partial charge is 0.362 e. The minimum Gasteiger partial charge on any atom is -0.362 e. The molecule has 1 aliphatic heterocycles. The molecular formula is C30H26ClN6O2S+. The highest BCUT2D eigenvalue weighted by atomic mass is 35.5. The Hall–Kier alpha value is -4.47. The van der Waals surface area contributed by atoms with Gasteiger partial charge in [0.2, 0.25) is 0 Å². The van der Waals surface area contributed by atoms with Crippen LogP contribution >= 0.6 is 23.8 Å². The minimum absolute atomic E-state index is 0.253. The molecule has 1 amide bonds. The fourth-order valence-electron chi connectivity index (χ4n) is 4.54. The predicted octanol–water partition coefficient (Wildman–Crippen LogP) is 4.48. The lowest BCUT2D eigenvalue weighted by atomic mass is 9.91. The van der Waals surface area contributed by atoms with Gasteiger partial charge in [-0.2, -0.15) is 14.6 Å². The van der Waals surface area contributed by atoms with Gasteiger partial charge in [0, 0.05) is 24.4 Å². The summed E-state index contributed by atoms with van der Waals surface area (Å²) < 4.78 is 1.53. The van der Waals surface area contributed by atoms with E-state index in [4.69, 9.17) is 23.8 Å². The average molecular weight is 570 g/mol. The summed E-state index contributed by atoms with van der Waals surface area (Å²) in [4.78, 5) is 33.3. The third-order valence-corrected chi connectivity index (χ3v) is 6.86. The number of aromatic nitrogens is 2. The Bertz CT molecular complexity index is 1610. The van der Waals surface area contributed by atoms with E-state index in [0.29, 0.717) is 28.2 Å². The van der Waals surface area contributed by atoms with Crippen LogP contribution in [-0.4, -0.2) is 34.7 Å². The van der Waals surface area contributed by atoms with Crippen LogP contribution in [-0.2, 0) is 11.3 Å². The minimum atomic E-state index is -0.999. The van der Waals surface area contributed by atoms with Crippen molar-refractivity contribution in [1.29, 1.82) is 0 Å². The summed E-state index contributed by atoms with van der Waals surface area (Å²) in [6, 6.07) is 24.2. The Morgan fingerprint density at radius 3 is 2.65 bits per heavy atom. The summed E-state index contributed by atoms with van der Waals surface area (Å²) in [5.74, 6) is -1.09. The van der Waals surface area contributed by atoms with Crippen molar-refractivity contribution in [3.8, 4) is 11.1 Å². The van der Waals surface area contributed by atoms with Crippen LogP contribution in [0.3, 0.4) is 0 Å². The number of anilines is 1. The van der Waals surface area contributed by atoms with Gasteiger partial charge in [-0.25, -0.2) is 14.6 Å². The van der Waals surface area contributed by atoms with Gasteiger partial charge in [-0.3, -0.25) is 5.43 Å². The fourth-order valence-corrected chi connectivity index (χ4v) is 4.85. The molecule has 3 heterocycles. The van der Waals surface area contributed by atoms with Gasteiger partial charge in [-0.15, -0.1) is 0 Å². The number of rotatable bonds is 7. The van der Waals surface area contributed by atoms with Gasteiger partial charge in [0.15, 0.2) is 11.0 Å². The first-order valence-corrected chi connectivity index (χ1v) is 13.5. The molecule has 2 N–H and O–H groups in total. The van der Waals surface area contributed by atoms with Crippen molar-refractivity contribution in [2.45, 2.75) is 19.4 Å². The Morgan fingerprint density at radius 1 is 1.07 bits per heavy atom. The van der Waals surface area contributed by atoms with Crippen LogP contribution in [0.4, 0.5) is 5.82 Å². The number of benzene rings is 2. The number of hydrazone groups is 1. The number of fused-ring (bicyclic) bond motifs is 1. The van der Waals surface area contributed by atoms with Crippen molar-refractivity contribution in [2.75, 3.05) is 11.4 Å². The monoisotopic (exact) mass is 569 g/mol. The first kappa shape index (κ1) is 27.1. The quantitative estimate of drug-likeness (QED) is 0.0852. The molecule has 2 aromatic carbocycles. The first-order valence-electron chi connectivity index (χ1n) is 12.7. The van der Waals surface area contributed by atoms with E-state index in [1.807, 2.05) is 61.5 Å². The predicted molar refractivity (Wildman–Crippen MR) is 159 cm³/mol. The molecule has 2 aromatic heterocycles. The summed E-state index contributed by atoms with van der Waals surface area (Å²) >= 11 is 11.1. The SMILES string of the molecule is CCNC(=S)N/N=C/c1cccc(-c2cccc(C3C(=O)N(Cc4ccc(Cl)nc4)c4cccc[n+]4C3=O)c2)c1. The van der Waals surface area contributed by atoms with E-state index in [2.05, 4.69) is 20.8 Å². The van der Waals surface area contributed by atoms with Gasteiger partial charge in [0.1, 0.15) is 11.7 Å². The third-order valence-electron chi connectivity index (χ3n) is 6.40.